The predicted molar refractivity (Wildman–Crippen MR) is 133 cm³/mol. The molecule has 0 aromatic heterocycles. The molecule has 1 fully saturated rings. The van der Waals surface area contributed by atoms with Crippen molar-refractivity contribution in [1.82, 2.24) is 10.4 Å². The van der Waals surface area contributed by atoms with Crippen LogP contribution in [-0.2, 0) is 0 Å². The van der Waals surface area contributed by atoms with E-state index in [1.54, 1.807) is 13.3 Å². The fraction of sp³-hybridized carbons (Fsp3) is 0.923. The summed E-state index contributed by atoms with van der Waals surface area (Å²) in [5, 5.41) is 2.25. The van der Waals surface area contributed by atoms with Gasteiger partial charge in [0, 0.05) is 0 Å². The van der Waals surface area contributed by atoms with E-state index >= 15 is 0 Å². The van der Waals surface area contributed by atoms with Crippen molar-refractivity contribution in [3.8, 4) is 0 Å². The van der Waals surface area contributed by atoms with Crippen LogP contribution in [0.4, 0.5) is 0 Å². The van der Waals surface area contributed by atoms with Gasteiger partial charge in [-0.15, -0.1) is 0 Å². The topological polar surface area (TPSA) is 15.3 Å². The second-order valence-electron chi connectivity index (χ2n) is 11.1. The summed E-state index contributed by atoms with van der Waals surface area (Å²) in [5.74, 6) is 0. The number of rotatable bonds is 12. The van der Waals surface area contributed by atoms with Crippen LogP contribution in [0.25, 0.3) is 0 Å². The molecule has 0 bridgehead atoms. The second-order valence-corrected chi connectivity index (χ2v) is 24.3. The van der Waals surface area contributed by atoms with Gasteiger partial charge in [0.15, 0.2) is 0 Å². The molecule has 0 amide bonds. The van der Waals surface area contributed by atoms with Crippen LogP contribution in [0.3, 0.4) is 0 Å². The number of nitrogens with zero attached hydrogens (tertiary/aromatic N) is 1. The Morgan fingerprint density at radius 3 is 1.79 bits per heavy atom. The predicted octanol–water partition coefficient (Wildman–Crippen LogP) is 7.73. The molecule has 1 N–H and O–H groups in total. The Morgan fingerprint density at radius 2 is 1.38 bits per heavy atom. The summed E-state index contributed by atoms with van der Waals surface area (Å²) in [5.41, 5.74) is 4.70. The van der Waals surface area contributed by atoms with Gasteiger partial charge in [0.2, 0.25) is 0 Å². The third-order valence-electron chi connectivity index (χ3n) is 8.08. The van der Waals surface area contributed by atoms with Gasteiger partial charge < -0.3 is 0 Å². The third kappa shape index (κ3) is 5.83. The van der Waals surface area contributed by atoms with E-state index < -0.39 is 18.4 Å². The Morgan fingerprint density at radius 1 is 0.897 bits per heavy atom. The van der Waals surface area contributed by atoms with Crippen LogP contribution in [0.15, 0.2) is 9.67 Å². The summed E-state index contributed by atoms with van der Waals surface area (Å²) in [6.07, 6.45) is 18.7. The van der Waals surface area contributed by atoms with Crippen molar-refractivity contribution in [2.75, 3.05) is 14.1 Å². The van der Waals surface area contributed by atoms with E-state index in [0.717, 1.165) is 0 Å². The average molecular weight is 511 g/mol. The van der Waals surface area contributed by atoms with Crippen molar-refractivity contribution < 1.29 is 0 Å². The molecule has 0 aromatic rings. The maximum absolute atomic E-state index is 3.98. The zero-order valence-corrected chi connectivity index (χ0v) is 23.9. The average Bonchev–Trinajstić information content (AvgIpc) is 2.90. The first-order chi connectivity index (χ1) is 13.8. The molecule has 2 aliphatic carbocycles. The molecule has 170 valence electrons. The molecule has 0 heterocycles. The quantitative estimate of drug-likeness (QED) is 0.213. The summed E-state index contributed by atoms with van der Waals surface area (Å²) in [6, 6.07) is 0.584. The number of nitrogens with one attached hydrogen (secondary N) is 1. The summed E-state index contributed by atoms with van der Waals surface area (Å²) >= 11 is -2.43. The molecular formula is C26H52N2Sn. The van der Waals surface area contributed by atoms with Gasteiger partial charge in [-0.05, 0) is 0 Å². The number of hydrazine groups is 1. The third-order valence-corrected chi connectivity index (χ3v) is 24.4. The van der Waals surface area contributed by atoms with Gasteiger partial charge in [0.1, 0.15) is 0 Å². The Bertz CT molecular complexity index is 495. The van der Waals surface area contributed by atoms with Crippen LogP contribution in [0.2, 0.25) is 13.3 Å². The van der Waals surface area contributed by atoms with Gasteiger partial charge in [-0.3, -0.25) is 0 Å². The molecule has 1 spiro atoms. The van der Waals surface area contributed by atoms with Crippen molar-refractivity contribution in [1.29, 1.82) is 0 Å². The van der Waals surface area contributed by atoms with Crippen LogP contribution in [0, 0.1) is 10.8 Å². The summed E-state index contributed by atoms with van der Waals surface area (Å²) in [6.45, 7) is 12.3. The molecule has 0 aliphatic heterocycles. The van der Waals surface area contributed by atoms with Gasteiger partial charge in [-0.1, -0.05) is 0 Å². The molecule has 2 aliphatic rings. The van der Waals surface area contributed by atoms with Gasteiger partial charge in [0.05, 0.1) is 0 Å². The normalized spacial score (nSPS) is 23.7. The number of unbranched alkanes of at least 4 members (excludes halogenated alkanes) is 3. The van der Waals surface area contributed by atoms with Crippen LogP contribution < -0.4 is 5.43 Å². The molecule has 0 saturated heterocycles. The molecule has 29 heavy (non-hydrogen) atoms. The first kappa shape index (κ1) is 25.7. The number of hydrogen-bond donors (Lipinski definition) is 1. The van der Waals surface area contributed by atoms with Crippen molar-refractivity contribution in [3.63, 3.8) is 0 Å². The summed E-state index contributed by atoms with van der Waals surface area (Å²) in [4.78, 5) is 0. The molecule has 1 saturated carbocycles. The van der Waals surface area contributed by atoms with Gasteiger partial charge in [-0.2, -0.15) is 0 Å². The summed E-state index contributed by atoms with van der Waals surface area (Å²) < 4.78 is 6.95. The molecule has 2 nitrogen and oxygen atoms in total. The van der Waals surface area contributed by atoms with Gasteiger partial charge in [-0.25, -0.2) is 0 Å². The number of hydrogen-bond acceptors (Lipinski definition) is 2. The second kappa shape index (κ2) is 11.4. The van der Waals surface area contributed by atoms with E-state index in [-0.39, 0.29) is 5.41 Å². The molecule has 0 aromatic carbocycles. The van der Waals surface area contributed by atoms with E-state index in [4.69, 9.17) is 0 Å². The molecule has 0 radical (unpaired) electrons. The molecule has 3 heteroatoms. The Balaban J connectivity index is 2.56. The van der Waals surface area contributed by atoms with Gasteiger partial charge in [0.25, 0.3) is 0 Å². The van der Waals surface area contributed by atoms with E-state index in [1.807, 2.05) is 0 Å². The minimum absolute atomic E-state index is 0.268. The molecular weight excluding hydrogens is 459 g/mol. The van der Waals surface area contributed by atoms with Crippen molar-refractivity contribution >= 4 is 18.4 Å². The Labute approximate surface area is 187 Å². The molecule has 1 atom stereocenters. The van der Waals surface area contributed by atoms with Crippen molar-refractivity contribution in [3.05, 3.63) is 9.67 Å². The monoisotopic (exact) mass is 512 g/mol. The van der Waals surface area contributed by atoms with Crippen LogP contribution in [-0.4, -0.2) is 43.5 Å². The SMILES string of the molecule is CCC[CH2][Sn]([CH2]CCC)([CH2]CCC)[C]1=CC(C)(C)C(NN(C)C)C12CCCCC2. The van der Waals surface area contributed by atoms with Crippen LogP contribution >= 0.6 is 0 Å². The maximum atomic E-state index is 3.98. The van der Waals surface area contributed by atoms with E-state index in [2.05, 4.69) is 68.8 Å². The van der Waals surface area contributed by atoms with Crippen molar-refractivity contribution in [2.45, 2.75) is 125 Å². The first-order valence-corrected chi connectivity index (χ1v) is 20.4. The summed E-state index contributed by atoms with van der Waals surface area (Å²) in [7, 11) is 4.40. The Hall–Kier alpha value is 0.459. The first-order valence-electron chi connectivity index (χ1n) is 13.0. The standard InChI is InChI=1S/C14H25N2.3C4H9.Sn/c1-13(2)10-11-14(8-6-5-7-9-14)12(13)15-16(3)4;3*1-3-4-2;/h10,12,15H,5-9H2,1-4H3;3*1,3-4H2,2H3;. The fourth-order valence-corrected chi connectivity index (χ4v) is 26.1. The van der Waals surface area contributed by atoms with Crippen molar-refractivity contribution in [2.24, 2.45) is 10.8 Å². The minimum atomic E-state index is -2.43. The molecule has 1 unspecified atom stereocenters. The zero-order valence-electron chi connectivity index (χ0n) is 21.0. The Kier molecular flexibility index (Phi) is 10.1. The fourth-order valence-electron chi connectivity index (χ4n) is 6.76. The molecule has 2 rings (SSSR count). The zero-order chi connectivity index (χ0) is 21.5. The van der Waals surface area contributed by atoms with Crippen LogP contribution in [0.5, 0.6) is 0 Å². The van der Waals surface area contributed by atoms with E-state index in [1.165, 1.54) is 70.6 Å². The van der Waals surface area contributed by atoms with Crippen LogP contribution in [0.1, 0.15) is 105 Å². The van der Waals surface area contributed by atoms with Gasteiger partial charge >= 0.3 is 188 Å². The van der Waals surface area contributed by atoms with E-state index in [0.29, 0.717) is 11.5 Å². The van der Waals surface area contributed by atoms with E-state index in [9.17, 15) is 0 Å².